The Morgan fingerprint density at radius 1 is 0.895 bits per heavy atom. The summed E-state index contributed by atoms with van der Waals surface area (Å²) in [5.41, 5.74) is 0. The van der Waals surface area contributed by atoms with Crippen LogP contribution in [0, 0.1) is 23.7 Å². The third-order valence-corrected chi connectivity index (χ3v) is 5.43. The minimum absolute atomic E-state index is 0.151. The molecule has 2 rings (SSSR count). The molecule has 2 heteroatoms. The lowest BCUT2D eigenvalue weighted by atomic mass is 9.69. The molecule has 0 nitrogen and oxygen atoms in total. The minimum atomic E-state index is -1.48. The van der Waals surface area contributed by atoms with Crippen molar-refractivity contribution in [3.63, 3.8) is 0 Å². The van der Waals surface area contributed by atoms with Gasteiger partial charge in [0.25, 0.3) is 6.08 Å². The Morgan fingerprint density at radius 2 is 1.42 bits per heavy atom. The van der Waals surface area contributed by atoms with Crippen molar-refractivity contribution in [2.24, 2.45) is 23.7 Å². The molecular formula is C17H28F2. The van der Waals surface area contributed by atoms with Crippen LogP contribution in [-0.4, -0.2) is 0 Å². The molecule has 0 aromatic carbocycles. The monoisotopic (exact) mass is 270 g/mol. The Labute approximate surface area is 116 Å². The van der Waals surface area contributed by atoms with Crippen molar-refractivity contribution in [2.75, 3.05) is 0 Å². The highest BCUT2D eigenvalue weighted by Crippen LogP contribution is 2.42. The number of hydrogen-bond acceptors (Lipinski definition) is 0. The highest BCUT2D eigenvalue weighted by atomic mass is 19.3. The van der Waals surface area contributed by atoms with Crippen molar-refractivity contribution >= 4 is 0 Å². The van der Waals surface area contributed by atoms with E-state index in [2.05, 4.69) is 6.92 Å². The molecule has 0 N–H and O–H groups in total. The molecule has 0 radical (unpaired) electrons. The molecule has 0 heterocycles. The fourth-order valence-electron chi connectivity index (χ4n) is 4.32. The number of allylic oxidation sites excluding steroid dienone is 1. The normalized spacial score (nSPS) is 35.9. The van der Waals surface area contributed by atoms with Gasteiger partial charge in [-0.3, -0.25) is 0 Å². The van der Waals surface area contributed by atoms with Crippen LogP contribution in [0.25, 0.3) is 0 Å². The summed E-state index contributed by atoms with van der Waals surface area (Å²) in [5.74, 6) is 2.85. The lowest BCUT2D eigenvalue weighted by Crippen LogP contribution is -2.25. The van der Waals surface area contributed by atoms with E-state index in [-0.39, 0.29) is 5.92 Å². The van der Waals surface area contributed by atoms with Gasteiger partial charge in [-0.2, -0.15) is 8.78 Å². The molecule has 0 saturated heterocycles. The molecule has 0 bridgehead atoms. The smallest absolute Gasteiger partial charge is 0.174 e. The standard InChI is InChI=1S/C17H28F2/c1-2-3-13-4-8-15(9-5-13)16-10-6-14(7-11-16)12-17(18)19/h12-16H,2-11H2,1H3/t13-,14?,15-,16?. The summed E-state index contributed by atoms with van der Waals surface area (Å²) < 4.78 is 24.5. The summed E-state index contributed by atoms with van der Waals surface area (Å²) in [5, 5.41) is 0. The van der Waals surface area contributed by atoms with E-state index in [1.807, 2.05) is 0 Å². The quantitative estimate of drug-likeness (QED) is 0.572. The first-order chi connectivity index (χ1) is 9.19. The Kier molecular flexibility index (Phi) is 5.84. The summed E-state index contributed by atoms with van der Waals surface area (Å²) in [6, 6.07) is 0. The van der Waals surface area contributed by atoms with Crippen LogP contribution in [0.2, 0.25) is 0 Å². The maximum absolute atomic E-state index is 12.2. The zero-order chi connectivity index (χ0) is 13.7. The predicted molar refractivity (Wildman–Crippen MR) is 76.1 cm³/mol. The van der Waals surface area contributed by atoms with Gasteiger partial charge >= 0.3 is 0 Å². The van der Waals surface area contributed by atoms with Gasteiger partial charge < -0.3 is 0 Å². The summed E-state index contributed by atoms with van der Waals surface area (Å²) >= 11 is 0. The molecule has 2 fully saturated rings. The second-order valence-corrected chi connectivity index (χ2v) is 6.70. The van der Waals surface area contributed by atoms with Crippen LogP contribution in [0.4, 0.5) is 8.78 Å². The lowest BCUT2D eigenvalue weighted by Gasteiger charge is -2.37. The van der Waals surface area contributed by atoms with Crippen LogP contribution >= 0.6 is 0 Å². The van der Waals surface area contributed by atoms with Crippen LogP contribution in [-0.2, 0) is 0 Å². The van der Waals surface area contributed by atoms with Gasteiger partial charge in [0, 0.05) is 0 Å². The maximum Gasteiger partial charge on any atom is 0.266 e. The molecule has 0 atom stereocenters. The van der Waals surface area contributed by atoms with Crippen LogP contribution in [0.1, 0.15) is 71.1 Å². The summed E-state index contributed by atoms with van der Waals surface area (Å²) in [6.45, 7) is 2.28. The first-order valence-corrected chi connectivity index (χ1v) is 8.21. The van der Waals surface area contributed by atoms with Crippen molar-refractivity contribution < 1.29 is 8.78 Å². The van der Waals surface area contributed by atoms with Gasteiger partial charge in [-0.1, -0.05) is 32.6 Å². The van der Waals surface area contributed by atoms with Gasteiger partial charge in [0.1, 0.15) is 0 Å². The average Bonchev–Trinajstić information content (AvgIpc) is 2.40. The van der Waals surface area contributed by atoms with E-state index in [0.29, 0.717) is 0 Å². The van der Waals surface area contributed by atoms with Crippen molar-refractivity contribution in [2.45, 2.75) is 71.1 Å². The predicted octanol–water partition coefficient (Wildman–Crippen LogP) is 6.18. The highest BCUT2D eigenvalue weighted by molar-refractivity contribution is 4.92. The molecule has 0 aromatic heterocycles. The van der Waals surface area contributed by atoms with E-state index in [1.54, 1.807) is 0 Å². The van der Waals surface area contributed by atoms with Crippen LogP contribution in [0.3, 0.4) is 0 Å². The van der Waals surface area contributed by atoms with Crippen LogP contribution in [0.15, 0.2) is 12.2 Å². The third-order valence-electron chi connectivity index (χ3n) is 5.43. The maximum atomic E-state index is 12.2. The van der Waals surface area contributed by atoms with Gasteiger partial charge in [0.05, 0.1) is 0 Å². The highest BCUT2D eigenvalue weighted by Gasteiger charge is 2.30. The second kappa shape index (κ2) is 7.40. The SMILES string of the molecule is CCC[C@H]1CC[C@H](C2CCC(C=C(F)F)CC2)CC1. The first-order valence-electron chi connectivity index (χ1n) is 8.21. The number of halogens is 2. The summed E-state index contributed by atoms with van der Waals surface area (Å²) in [6.07, 6.45) is 12.4. The topological polar surface area (TPSA) is 0 Å². The van der Waals surface area contributed by atoms with Crippen molar-refractivity contribution in [3.05, 3.63) is 12.2 Å². The van der Waals surface area contributed by atoms with Crippen molar-refractivity contribution in [3.8, 4) is 0 Å². The molecule has 0 amide bonds. The fourth-order valence-corrected chi connectivity index (χ4v) is 4.32. The molecule has 19 heavy (non-hydrogen) atoms. The summed E-state index contributed by atoms with van der Waals surface area (Å²) in [4.78, 5) is 0. The largest absolute Gasteiger partial charge is 0.266 e. The first kappa shape index (κ1) is 15.0. The Morgan fingerprint density at radius 3 is 1.89 bits per heavy atom. The zero-order valence-corrected chi connectivity index (χ0v) is 12.2. The minimum Gasteiger partial charge on any atom is -0.174 e. The zero-order valence-electron chi connectivity index (χ0n) is 12.2. The van der Waals surface area contributed by atoms with Crippen molar-refractivity contribution in [1.82, 2.24) is 0 Å². The van der Waals surface area contributed by atoms with E-state index in [4.69, 9.17) is 0 Å². The molecule has 0 aliphatic heterocycles. The van der Waals surface area contributed by atoms with Gasteiger partial charge in [-0.05, 0) is 68.3 Å². The van der Waals surface area contributed by atoms with E-state index >= 15 is 0 Å². The fraction of sp³-hybridized carbons (Fsp3) is 0.882. The van der Waals surface area contributed by atoms with E-state index in [9.17, 15) is 8.78 Å². The molecule has 2 saturated carbocycles. The molecule has 0 aromatic rings. The molecule has 0 spiro atoms. The van der Waals surface area contributed by atoms with Crippen LogP contribution in [0.5, 0.6) is 0 Å². The van der Waals surface area contributed by atoms with Crippen molar-refractivity contribution in [1.29, 1.82) is 0 Å². The number of rotatable bonds is 4. The van der Waals surface area contributed by atoms with Gasteiger partial charge in [-0.25, -0.2) is 0 Å². The van der Waals surface area contributed by atoms with Gasteiger partial charge in [-0.15, -0.1) is 0 Å². The average molecular weight is 270 g/mol. The Balaban J connectivity index is 1.72. The van der Waals surface area contributed by atoms with E-state index in [1.165, 1.54) is 57.4 Å². The molecular weight excluding hydrogens is 242 g/mol. The van der Waals surface area contributed by atoms with Gasteiger partial charge in [0.15, 0.2) is 0 Å². The Hall–Kier alpha value is -0.400. The Bertz CT molecular complexity index is 278. The van der Waals surface area contributed by atoms with E-state index < -0.39 is 6.08 Å². The van der Waals surface area contributed by atoms with E-state index in [0.717, 1.165) is 30.6 Å². The lowest BCUT2D eigenvalue weighted by molar-refractivity contribution is 0.151. The second-order valence-electron chi connectivity index (χ2n) is 6.70. The molecule has 2 aliphatic rings. The molecule has 110 valence electrons. The summed E-state index contributed by atoms with van der Waals surface area (Å²) in [7, 11) is 0. The van der Waals surface area contributed by atoms with Gasteiger partial charge in [0.2, 0.25) is 0 Å². The molecule has 2 aliphatic carbocycles. The molecule has 0 unspecified atom stereocenters. The third kappa shape index (κ3) is 4.57. The van der Waals surface area contributed by atoms with Crippen LogP contribution < -0.4 is 0 Å². The number of hydrogen-bond donors (Lipinski definition) is 0.